The number of benzene rings is 1. The van der Waals surface area contributed by atoms with E-state index in [1.165, 1.54) is 6.07 Å². The SMILES string of the molecule is CCc1ccn(-c2ccc(C(=O)O)c(Cl)c2)n1. The number of hydrogen-bond acceptors (Lipinski definition) is 2. The predicted octanol–water partition coefficient (Wildman–Crippen LogP) is 2.79. The Morgan fingerprint density at radius 1 is 1.47 bits per heavy atom. The highest BCUT2D eigenvalue weighted by molar-refractivity contribution is 6.33. The van der Waals surface area contributed by atoms with E-state index in [2.05, 4.69) is 5.10 Å². The molecule has 0 spiro atoms. The van der Waals surface area contributed by atoms with E-state index in [9.17, 15) is 4.79 Å². The van der Waals surface area contributed by atoms with Gasteiger partial charge in [0.05, 0.1) is 22.0 Å². The van der Waals surface area contributed by atoms with E-state index in [-0.39, 0.29) is 10.6 Å². The third-order valence-electron chi connectivity index (χ3n) is 2.45. The lowest BCUT2D eigenvalue weighted by molar-refractivity contribution is 0.0697. The molecule has 0 fully saturated rings. The minimum absolute atomic E-state index is 0.0956. The lowest BCUT2D eigenvalue weighted by Crippen LogP contribution is -2.00. The van der Waals surface area contributed by atoms with Crippen molar-refractivity contribution >= 4 is 17.6 Å². The van der Waals surface area contributed by atoms with E-state index in [1.807, 2.05) is 19.2 Å². The highest BCUT2D eigenvalue weighted by Gasteiger charge is 2.09. The molecule has 88 valence electrons. The maximum Gasteiger partial charge on any atom is 0.337 e. The fourth-order valence-corrected chi connectivity index (χ4v) is 1.77. The van der Waals surface area contributed by atoms with Gasteiger partial charge in [-0.15, -0.1) is 0 Å². The number of hydrogen-bond donors (Lipinski definition) is 1. The Hall–Kier alpha value is -1.81. The summed E-state index contributed by atoms with van der Waals surface area (Å²) in [6, 6.07) is 6.67. The lowest BCUT2D eigenvalue weighted by Gasteiger charge is -2.04. The van der Waals surface area contributed by atoms with Crippen LogP contribution in [0.5, 0.6) is 0 Å². The number of rotatable bonds is 3. The van der Waals surface area contributed by atoms with E-state index in [4.69, 9.17) is 16.7 Å². The number of aryl methyl sites for hydroxylation is 1. The number of aromatic carboxylic acids is 1. The summed E-state index contributed by atoms with van der Waals surface area (Å²) in [7, 11) is 0. The van der Waals surface area contributed by atoms with Crippen LogP contribution in [0.15, 0.2) is 30.5 Å². The van der Waals surface area contributed by atoms with Gasteiger partial charge in [0.25, 0.3) is 0 Å². The van der Waals surface area contributed by atoms with Crippen LogP contribution in [0, 0.1) is 0 Å². The van der Waals surface area contributed by atoms with E-state index in [0.717, 1.165) is 17.8 Å². The van der Waals surface area contributed by atoms with Gasteiger partial charge >= 0.3 is 5.97 Å². The Bertz CT molecular complexity index is 563. The van der Waals surface area contributed by atoms with Crippen molar-refractivity contribution in [3.05, 3.63) is 46.7 Å². The summed E-state index contributed by atoms with van der Waals surface area (Å²) in [6.45, 7) is 2.02. The molecule has 0 atom stereocenters. The van der Waals surface area contributed by atoms with Gasteiger partial charge in [-0.2, -0.15) is 5.10 Å². The molecule has 0 aliphatic carbocycles. The zero-order valence-corrected chi connectivity index (χ0v) is 9.98. The second kappa shape index (κ2) is 4.59. The number of nitrogens with zero attached hydrogens (tertiary/aromatic N) is 2. The molecule has 1 aromatic heterocycles. The second-order valence-electron chi connectivity index (χ2n) is 3.57. The summed E-state index contributed by atoms with van der Waals surface area (Å²) in [5.41, 5.74) is 1.82. The summed E-state index contributed by atoms with van der Waals surface area (Å²) in [5, 5.41) is 13.4. The molecule has 0 unspecified atom stereocenters. The minimum atomic E-state index is -1.03. The molecule has 0 radical (unpaired) electrons. The number of aromatic nitrogens is 2. The Balaban J connectivity index is 2.40. The third-order valence-corrected chi connectivity index (χ3v) is 2.77. The minimum Gasteiger partial charge on any atom is -0.478 e. The van der Waals surface area contributed by atoms with Gasteiger partial charge in [0.15, 0.2) is 0 Å². The molecule has 2 aromatic rings. The van der Waals surface area contributed by atoms with Crippen molar-refractivity contribution in [2.45, 2.75) is 13.3 Å². The van der Waals surface area contributed by atoms with Crippen LogP contribution in [0.1, 0.15) is 23.0 Å². The fourth-order valence-electron chi connectivity index (χ4n) is 1.51. The maximum atomic E-state index is 10.8. The van der Waals surface area contributed by atoms with Gasteiger partial charge in [-0.25, -0.2) is 9.48 Å². The molecule has 0 saturated heterocycles. The Labute approximate surface area is 103 Å². The first kappa shape index (κ1) is 11.7. The van der Waals surface area contributed by atoms with Gasteiger partial charge in [0.2, 0.25) is 0 Å². The van der Waals surface area contributed by atoms with Gasteiger partial charge in [0.1, 0.15) is 0 Å². The topological polar surface area (TPSA) is 55.1 Å². The summed E-state index contributed by atoms with van der Waals surface area (Å²) in [4.78, 5) is 10.8. The average Bonchev–Trinajstić information content (AvgIpc) is 2.76. The van der Waals surface area contributed by atoms with Crippen LogP contribution in [0.2, 0.25) is 5.02 Å². The van der Waals surface area contributed by atoms with Crippen LogP contribution in [-0.2, 0) is 6.42 Å². The molecular weight excluding hydrogens is 240 g/mol. The van der Waals surface area contributed by atoms with Crippen molar-refractivity contribution in [1.29, 1.82) is 0 Å². The first-order valence-corrected chi connectivity index (χ1v) is 5.57. The van der Waals surface area contributed by atoms with Crippen LogP contribution >= 0.6 is 11.6 Å². The maximum absolute atomic E-state index is 10.8. The summed E-state index contributed by atoms with van der Waals surface area (Å²) in [5.74, 6) is -1.03. The van der Waals surface area contributed by atoms with Crippen molar-refractivity contribution in [2.75, 3.05) is 0 Å². The van der Waals surface area contributed by atoms with Gasteiger partial charge in [-0.1, -0.05) is 18.5 Å². The van der Waals surface area contributed by atoms with Crippen LogP contribution < -0.4 is 0 Å². The van der Waals surface area contributed by atoms with Crippen LogP contribution in [-0.4, -0.2) is 20.9 Å². The average molecular weight is 251 g/mol. The second-order valence-corrected chi connectivity index (χ2v) is 3.98. The predicted molar refractivity (Wildman–Crippen MR) is 64.9 cm³/mol. The molecule has 0 aliphatic heterocycles. The van der Waals surface area contributed by atoms with Crippen LogP contribution in [0.4, 0.5) is 0 Å². The fraction of sp³-hybridized carbons (Fsp3) is 0.167. The molecule has 0 aliphatic rings. The number of carboxylic acids is 1. The molecule has 5 heteroatoms. The van der Waals surface area contributed by atoms with E-state index >= 15 is 0 Å². The lowest BCUT2D eigenvalue weighted by atomic mass is 10.2. The van der Waals surface area contributed by atoms with Gasteiger partial charge < -0.3 is 5.11 Å². The van der Waals surface area contributed by atoms with E-state index in [0.29, 0.717) is 0 Å². The molecule has 4 nitrogen and oxygen atoms in total. The zero-order chi connectivity index (χ0) is 12.4. The molecule has 1 N–H and O–H groups in total. The third kappa shape index (κ3) is 2.31. The zero-order valence-electron chi connectivity index (χ0n) is 9.22. The Kier molecular flexibility index (Phi) is 3.15. The van der Waals surface area contributed by atoms with E-state index in [1.54, 1.807) is 16.8 Å². The van der Waals surface area contributed by atoms with E-state index < -0.39 is 5.97 Å². The summed E-state index contributed by atoms with van der Waals surface area (Å²) in [6.07, 6.45) is 2.68. The molecular formula is C12H11ClN2O2. The van der Waals surface area contributed by atoms with Gasteiger partial charge in [-0.3, -0.25) is 0 Å². The number of halogens is 1. The molecule has 1 heterocycles. The van der Waals surface area contributed by atoms with Crippen molar-refractivity contribution < 1.29 is 9.90 Å². The van der Waals surface area contributed by atoms with Crippen molar-refractivity contribution in [1.82, 2.24) is 9.78 Å². The Morgan fingerprint density at radius 3 is 2.76 bits per heavy atom. The largest absolute Gasteiger partial charge is 0.478 e. The highest BCUT2D eigenvalue weighted by Crippen LogP contribution is 2.20. The van der Waals surface area contributed by atoms with Crippen molar-refractivity contribution in [2.24, 2.45) is 0 Å². The standard InChI is InChI=1S/C12H11ClN2O2/c1-2-8-5-6-15(14-8)9-3-4-10(12(16)17)11(13)7-9/h3-7H,2H2,1H3,(H,16,17). The highest BCUT2D eigenvalue weighted by atomic mass is 35.5. The first-order valence-electron chi connectivity index (χ1n) is 5.19. The molecule has 0 bridgehead atoms. The van der Waals surface area contributed by atoms with Crippen molar-refractivity contribution in [3.8, 4) is 5.69 Å². The molecule has 17 heavy (non-hydrogen) atoms. The summed E-state index contributed by atoms with van der Waals surface area (Å²) < 4.78 is 1.68. The van der Waals surface area contributed by atoms with Gasteiger partial charge in [0, 0.05) is 6.20 Å². The molecule has 1 aromatic carbocycles. The smallest absolute Gasteiger partial charge is 0.337 e. The summed E-state index contributed by atoms with van der Waals surface area (Å²) >= 11 is 5.89. The number of carbonyl (C=O) groups is 1. The molecule has 0 amide bonds. The normalized spacial score (nSPS) is 10.5. The van der Waals surface area contributed by atoms with Gasteiger partial charge in [-0.05, 0) is 30.7 Å². The monoisotopic (exact) mass is 250 g/mol. The number of carboxylic acid groups (broad SMARTS) is 1. The van der Waals surface area contributed by atoms with Crippen molar-refractivity contribution in [3.63, 3.8) is 0 Å². The first-order chi connectivity index (χ1) is 8.11. The molecule has 0 saturated carbocycles. The van der Waals surface area contributed by atoms with Crippen LogP contribution in [0.3, 0.4) is 0 Å². The Morgan fingerprint density at radius 2 is 2.24 bits per heavy atom. The quantitative estimate of drug-likeness (QED) is 0.911. The molecule has 2 rings (SSSR count). The van der Waals surface area contributed by atoms with Crippen LogP contribution in [0.25, 0.3) is 5.69 Å².